The standard InChI is InChI=1S/C21H28N4O2/c1-16-14-22-20-17(6-5-7-18(20)27-2)21(16)25-12-10-24(11-13-25)19(26)15-23-8-3-4-9-23/h5-7,14H,3-4,8-13,15H2,1-2H3. The number of aryl methyl sites for hydroxylation is 1. The number of aromatic nitrogens is 1. The SMILES string of the molecule is COc1cccc2c(N3CCN(C(=O)CN4CCCC4)CC3)c(C)cnc12. The van der Waals surface area contributed by atoms with Crippen LogP contribution in [-0.4, -0.2) is 73.6 Å². The van der Waals surface area contributed by atoms with Crippen LogP contribution >= 0.6 is 0 Å². The van der Waals surface area contributed by atoms with E-state index in [0.717, 1.165) is 61.5 Å². The van der Waals surface area contributed by atoms with Crippen LogP contribution in [0.4, 0.5) is 5.69 Å². The monoisotopic (exact) mass is 368 g/mol. The number of hydrogen-bond donors (Lipinski definition) is 0. The van der Waals surface area contributed by atoms with Crippen molar-refractivity contribution >= 4 is 22.5 Å². The number of carbonyl (C=O) groups is 1. The molecule has 4 rings (SSSR count). The van der Waals surface area contributed by atoms with E-state index in [9.17, 15) is 4.79 Å². The van der Waals surface area contributed by atoms with E-state index in [1.54, 1.807) is 7.11 Å². The van der Waals surface area contributed by atoms with Crippen LogP contribution in [0.3, 0.4) is 0 Å². The molecule has 0 bridgehead atoms. The van der Waals surface area contributed by atoms with Gasteiger partial charge in [-0.1, -0.05) is 12.1 Å². The number of benzene rings is 1. The normalized spacial score (nSPS) is 18.3. The Hall–Kier alpha value is -2.34. The van der Waals surface area contributed by atoms with Crippen molar-refractivity contribution in [2.24, 2.45) is 0 Å². The molecule has 0 radical (unpaired) electrons. The van der Waals surface area contributed by atoms with Crippen molar-refractivity contribution in [2.45, 2.75) is 19.8 Å². The van der Waals surface area contributed by atoms with Gasteiger partial charge in [0.1, 0.15) is 11.3 Å². The number of amides is 1. The molecule has 0 unspecified atom stereocenters. The number of pyridine rings is 1. The molecule has 1 aromatic heterocycles. The van der Waals surface area contributed by atoms with Gasteiger partial charge in [-0.2, -0.15) is 0 Å². The number of hydrogen-bond acceptors (Lipinski definition) is 5. The predicted octanol–water partition coefficient (Wildman–Crippen LogP) is 2.30. The summed E-state index contributed by atoms with van der Waals surface area (Å²) in [7, 11) is 1.68. The van der Waals surface area contributed by atoms with Crippen LogP contribution in [0.2, 0.25) is 0 Å². The first-order chi connectivity index (χ1) is 13.2. The highest BCUT2D eigenvalue weighted by molar-refractivity contribution is 5.96. The maximum Gasteiger partial charge on any atom is 0.236 e. The molecule has 144 valence electrons. The number of methoxy groups -OCH3 is 1. The summed E-state index contributed by atoms with van der Waals surface area (Å²) in [4.78, 5) is 23.9. The second kappa shape index (κ2) is 7.72. The van der Waals surface area contributed by atoms with Crippen molar-refractivity contribution in [1.29, 1.82) is 0 Å². The van der Waals surface area contributed by atoms with Gasteiger partial charge in [0, 0.05) is 37.8 Å². The quantitative estimate of drug-likeness (QED) is 0.829. The summed E-state index contributed by atoms with van der Waals surface area (Å²) in [5, 5.41) is 1.12. The number of rotatable bonds is 4. The third-order valence-electron chi connectivity index (χ3n) is 5.74. The first-order valence-corrected chi connectivity index (χ1v) is 9.85. The number of nitrogens with zero attached hydrogens (tertiary/aromatic N) is 4. The number of carbonyl (C=O) groups excluding carboxylic acids is 1. The third kappa shape index (κ3) is 3.58. The molecule has 6 nitrogen and oxygen atoms in total. The molecule has 6 heteroatoms. The van der Waals surface area contributed by atoms with Crippen LogP contribution in [-0.2, 0) is 4.79 Å². The lowest BCUT2D eigenvalue weighted by atomic mass is 10.1. The van der Waals surface area contributed by atoms with E-state index < -0.39 is 0 Å². The molecule has 2 aliphatic rings. The fourth-order valence-electron chi connectivity index (χ4n) is 4.28. The van der Waals surface area contributed by atoms with Gasteiger partial charge in [0.05, 0.1) is 19.3 Å². The molecule has 2 aliphatic heterocycles. The van der Waals surface area contributed by atoms with E-state index in [4.69, 9.17) is 4.74 Å². The van der Waals surface area contributed by atoms with E-state index in [1.165, 1.54) is 18.5 Å². The molecule has 2 aromatic rings. The average Bonchev–Trinajstić information content (AvgIpc) is 3.20. The summed E-state index contributed by atoms with van der Waals surface area (Å²) in [5.74, 6) is 1.07. The number of likely N-dealkylation sites (tertiary alicyclic amines) is 1. The summed E-state index contributed by atoms with van der Waals surface area (Å²) in [6, 6.07) is 6.07. The molecular weight excluding hydrogens is 340 g/mol. The van der Waals surface area contributed by atoms with Gasteiger partial charge >= 0.3 is 0 Å². The largest absolute Gasteiger partial charge is 0.494 e. The number of piperazine rings is 1. The smallest absolute Gasteiger partial charge is 0.236 e. The first kappa shape index (κ1) is 18.0. The van der Waals surface area contributed by atoms with Crippen molar-refractivity contribution < 1.29 is 9.53 Å². The van der Waals surface area contributed by atoms with Gasteiger partial charge < -0.3 is 14.5 Å². The zero-order valence-corrected chi connectivity index (χ0v) is 16.3. The molecule has 0 N–H and O–H groups in total. The lowest BCUT2D eigenvalue weighted by molar-refractivity contribution is -0.132. The molecule has 3 heterocycles. The average molecular weight is 368 g/mol. The van der Waals surface area contributed by atoms with Crippen molar-refractivity contribution in [1.82, 2.24) is 14.8 Å². The molecule has 1 amide bonds. The third-order valence-corrected chi connectivity index (χ3v) is 5.74. The minimum Gasteiger partial charge on any atom is -0.494 e. The van der Waals surface area contributed by atoms with Crippen LogP contribution < -0.4 is 9.64 Å². The second-order valence-corrected chi connectivity index (χ2v) is 7.50. The highest BCUT2D eigenvalue weighted by Gasteiger charge is 2.25. The Morgan fingerprint density at radius 3 is 2.56 bits per heavy atom. The minimum absolute atomic E-state index is 0.273. The second-order valence-electron chi connectivity index (χ2n) is 7.50. The van der Waals surface area contributed by atoms with Gasteiger partial charge in [-0.05, 0) is 44.5 Å². The zero-order valence-electron chi connectivity index (χ0n) is 16.3. The van der Waals surface area contributed by atoms with Crippen molar-refractivity contribution in [3.8, 4) is 5.75 Å². The molecule has 1 aromatic carbocycles. The van der Waals surface area contributed by atoms with Gasteiger partial charge in [0.15, 0.2) is 0 Å². The van der Waals surface area contributed by atoms with Crippen molar-refractivity contribution in [3.05, 3.63) is 30.0 Å². The highest BCUT2D eigenvalue weighted by Crippen LogP contribution is 2.34. The van der Waals surface area contributed by atoms with Crippen molar-refractivity contribution in [2.75, 3.05) is 57.8 Å². The number of ether oxygens (including phenoxy) is 1. The first-order valence-electron chi connectivity index (χ1n) is 9.85. The summed E-state index contributed by atoms with van der Waals surface area (Å²) in [6.45, 7) is 8.07. The Bertz CT molecular complexity index is 824. The van der Waals surface area contributed by atoms with Crippen LogP contribution in [0.15, 0.2) is 24.4 Å². The molecular formula is C21H28N4O2. The molecule has 27 heavy (non-hydrogen) atoms. The highest BCUT2D eigenvalue weighted by atomic mass is 16.5. The van der Waals surface area contributed by atoms with Gasteiger partial charge in [0.2, 0.25) is 5.91 Å². The maximum atomic E-state index is 12.6. The van der Waals surface area contributed by atoms with Gasteiger partial charge in [0.25, 0.3) is 0 Å². The Morgan fingerprint density at radius 2 is 1.85 bits per heavy atom. The minimum atomic E-state index is 0.273. The molecule has 0 aliphatic carbocycles. The Kier molecular flexibility index (Phi) is 5.16. The lowest BCUT2D eigenvalue weighted by Crippen LogP contribution is -2.51. The predicted molar refractivity (Wildman–Crippen MR) is 107 cm³/mol. The zero-order chi connectivity index (χ0) is 18.8. The topological polar surface area (TPSA) is 48.9 Å². The van der Waals surface area contributed by atoms with Gasteiger partial charge in [-0.25, -0.2) is 0 Å². The van der Waals surface area contributed by atoms with E-state index in [0.29, 0.717) is 6.54 Å². The van der Waals surface area contributed by atoms with Crippen LogP contribution in [0.25, 0.3) is 10.9 Å². The summed E-state index contributed by atoms with van der Waals surface area (Å²) in [6.07, 6.45) is 4.36. The van der Waals surface area contributed by atoms with Crippen molar-refractivity contribution in [3.63, 3.8) is 0 Å². The Labute approximate surface area is 160 Å². The maximum absolute atomic E-state index is 12.6. The Balaban J connectivity index is 1.49. The fraction of sp³-hybridized carbons (Fsp3) is 0.524. The number of anilines is 1. The molecule has 2 saturated heterocycles. The van der Waals surface area contributed by atoms with Crippen LogP contribution in [0.1, 0.15) is 18.4 Å². The molecule has 0 atom stereocenters. The number of fused-ring (bicyclic) bond motifs is 1. The number of para-hydroxylation sites is 1. The molecule has 0 saturated carbocycles. The summed E-state index contributed by atoms with van der Waals surface area (Å²) >= 11 is 0. The van der Waals surface area contributed by atoms with E-state index in [2.05, 4.69) is 27.8 Å². The van der Waals surface area contributed by atoms with Crippen LogP contribution in [0.5, 0.6) is 5.75 Å². The van der Waals surface area contributed by atoms with E-state index >= 15 is 0 Å². The van der Waals surface area contributed by atoms with E-state index in [-0.39, 0.29) is 5.91 Å². The van der Waals surface area contributed by atoms with E-state index in [1.807, 2.05) is 23.2 Å². The summed E-state index contributed by atoms with van der Waals surface area (Å²) < 4.78 is 5.48. The fourth-order valence-corrected chi connectivity index (χ4v) is 4.28. The van der Waals surface area contributed by atoms with Gasteiger partial charge in [-0.15, -0.1) is 0 Å². The van der Waals surface area contributed by atoms with Crippen LogP contribution in [0, 0.1) is 6.92 Å². The Morgan fingerprint density at radius 1 is 1.11 bits per heavy atom. The lowest BCUT2D eigenvalue weighted by Gasteiger charge is -2.37. The molecule has 2 fully saturated rings. The summed E-state index contributed by atoms with van der Waals surface area (Å²) in [5.41, 5.74) is 3.27. The molecule has 0 spiro atoms. The van der Waals surface area contributed by atoms with Gasteiger partial charge in [-0.3, -0.25) is 14.7 Å².